The first kappa shape index (κ1) is 23.8. The molecule has 0 saturated heterocycles. The fraction of sp³-hybridized carbons (Fsp3) is 0.350. The molecule has 0 spiro atoms. The molecule has 0 fully saturated rings. The molecule has 2 rings (SSSR count). The van der Waals surface area contributed by atoms with E-state index in [9.17, 15) is 21.6 Å². The summed E-state index contributed by atoms with van der Waals surface area (Å²) in [6.07, 6.45) is 3.87. The molecule has 0 aromatic heterocycles. The molecule has 0 saturated carbocycles. The van der Waals surface area contributed by atoms with E-state index in [4.69, 9.17) is 0 Å². The van der Waals surface area contributed by atoms with Crippen LogP contribution in [0.15, 0.2) is 58.3 Å². The highest BCUT2D eigenvalue weighted by atomic mass is 32.2. The average Bonchev–Trinajstić information content (AvgIpc) is 2.68. The number of hydrogen-bond donors (Lipinski definition) is 3. The number of carbonyl (C=O) groups excluding carboxylic acids is 1. The van der Waals surface area contributed by atoms with Gasteiger partial charge in [-0.3, -0.25) is 9.52 Å². The maximum Gasteiger partial charge on any atom is 0.261 e. The number of amides is 1. The number of anilines is 2. The van der Waals surface area contributed by atoms with E-state index in [1.807, 2.05) is 0 Å². The lowest BCUT2D eigenvalue weighted by Gasteiger charge is -2.10. The predicted molar refractivity (Wildman–Crippen MR) is 117 cm³/mol. The molecule has 0 atom stereocenters. The lowest BCUT2D eigenvalue weighted by molar-refractivity contribution is -0.114. The summed E-state index contributed by atoms with van der Waals surface area (Å²) in [5.74, 6) is -0.255. The van der Waals surface area contributed by atoms with E-state index in [0.717, 1.165) is 25.7 Å². The number of unbranched alkanes of at least 4 members (excludes halogenated alkanes) is 3. The van der Waals surface area contributed by atoms with Crippen molar-refractivity contribution in [3.05, 3.63) is 48.5 Å². The first-order chi connectivity index (χ1) is 14.1. The summed E-state index contributed by atoms with van der Waals surface area (Å²) in [6, 6.07) is 11.2. The molecule has 3 N–H and O–H groups in total. The second-order valence-electron chi connectivity index (χ2n) is 6.79. The normalized spacial score (nSPS) is 11.8. The van der Waals surface area contributed by atoms with Crippen LogP contribution >= 0.6 is 0 Å². The monoisotopic (exact) mass is 453 g/mol. The van der Waals surface area contributed by atoms with Gasteiger partial charge in [-0.2, -0.15) is 0 Å². The van der Waals surface area contributed by atoms with Crippen LogP contribution in [0.25, 0.3) is 0 Å². The smallest absolute Gasteiger partial charge is 0.261 e. The topological polar surface area (TPSA) is 121 Å². The summed E-state index contributed by atoms with van der Waals surface area (Å²) >= 11 is 0. The molecule has 164 valence electrons. The van der Waals surface area contributed by atoms with Gasteiger partial charge in [-0.25, -0.2) is 21.6 Å². The lowest BCUT2D eigenvalue weighted by Crippen LogP contribution is -2.24. The van der Waals surface area contributed by atoms with E-state index in [0.29, 0.717) is 12.2 Å². The number of rotatable bonds is 11. The highest BCUT2D eigenvalue weighted by Crippen LogP contribution is 2.20. The van der Waals surface area contributed by atoms with Gasteiger partial charge in [0.1, 0.15) is 0 Å². The van der Waals surface area contributed by atoms with Crippen LogP contribution in [0.1, 0.15) is 39.5 Å². The molecule has 8 nitrogen and oxygen atoms in total. The molecule has 0 radical (unpaired) electrons. The fourth-order valence-corrected chi connectivity index (χ4v) is 4.81. The van der Waals surface area contributed by atoms with Gasteiger partial charge in [-0.15, -0.1) is 0 Å². The third-order valence-electron chi connectivity index (χ3n) is 4.22. The summed E-state index contributed by atoms with van der Waals surface area (Å²) in [5, 5.41) is 2.56. The van der Waals surface area contributed by atoms with Crippen molar-refractivity contribution in [1.82, 2.24) is 4.72 Å². The van der Waals surface area contributed by atoms with Crippen molar-refractivity contribution in [2.45, 2.75) is 49.3 Å². The Bertz CT molecular complexity index is 1050. The van der Waals surface area contributed by atoms with Crippen molar-refractivity contribution in [1.29, 1.82) is 0 Å². The largest absolute Gasteiger partial charge is 0.326 e. The minimum atomic E-state index is -3.86. The Morgan fingerprint density at radius 2 is 1.30 bits per heavy atom. The van der Waals surface area contributed by atoms with E-state index < -0.39 is 20.0 Å². The predicted octanol–water partition coefficient (Wildman–Crippen LogP) is 3.30. The van der Waals surface area contributed by atoms with Gasteiger partial charge in [0.15, 0.2) is 0 Å². The zero-order valence-corrected chi connectivity index (χ0v) is 18.6. The minimum Gasteiger partial charge on any atom is -0.326 e. The van der Waals surface area contributed by atoms with Gasteiger partial charge in [0.25, 0.3) is 10.0 Å². The average molecular weight is 454 g/mol. The highest BCUT2D eigenvalue weighted by Gasteiger charge is 2.16. The van der Waals surface area contributed by atoms with Gasteiger partial charge in [0.05, 0.1) is 9.79 Å². The van der Waals surface area contributed by atoms with Crippen LogP contribution in [0.4, 0.5) is 11.4 Å². The van der Waals surface area contributed by atoms with Gasteiger partial charge in [-0.1, -0.05) is 26.2 Å². The molecule has 0 aliphatic heterocycles. The van der Waals surface area contributed by atoms with Crippen LogP contribution in [-0.4, -0.2) is 29.3 Å². The summed E-state index contributed by atoms with van der Waals surface area (Å²) < 4.78 is 54.6. The molecule has 0 heterocycles. The van der Waals surface area contributed by atoms with E-state index >= 15 is 0 Å². The van der Waals surface area contributed by atoms with Crippen LogP contribution in [0.3, 0.4) is 0 Å². The van der Waals surface area contributed by atoms with Crippen LogP contribution in [0.5, 0.6) is 0 Å². The number of hydrogen-bond acceptors (Lipinski definition) is 5. The molecule has 2 aromatic rings. The second kappa shape index (κ2) is 10.6. The van der Waals surface area contributed by atoms with E-state index in [-0.39, 0.29) is 21.4 Å². The molecule has 0 aliphatic rings. The van der Waals surface area contributed by atoms with E-state index in [1.165, 1.54) is 55.5 Å². The maximum atomic E-state index is 12.5. The Labute approximate surface area is 178 Å². The van der Waals surface area contributed by atoms with Crippen molar-refractivity contribution in [2.24, 2.45) is 0 Å². The molecule has 0 bridgehead atoms. The lowest BCUT2D eigenvalue weighted by atomic mass is 10.2. The van der Waals surface area contributed by atoms with Gasteiger partial charge in [0, 0.05) is 24.8 Å². The third-order valence-corrected chi connectivity index (χ3v) is 7.10. The zero-order valence-electron chi connectivity index (χ0n) is 17.0. The Morgan fingerprint density at radius 1 is 0.767 bits per heavy atom. The number of carbonyl (C=O) groups is 1. The molecular formula is C20H27N3O5S2. The quantitative estimate of drug-likeness (QED) is 0.451. The summed E-state index contributed by atoms with van der Waals surface area (Å²) in [6.45, 7) is 3.81. The molecule has 30 heavy (non-hydrogen) atoms. The maximum absolute atomic E-state index is 12.5. The Morgan fingerprint density at radius 3 is 1.83 bits per heavy atom. The second-order valence-corrected chi connectivity index (χ2v) is 10.2. The highest BCUT2D eigenvalue weighted by molar-refractivity contribution is 7.92. The van der Waals surface area contributed by atoms with Gasteiger partial charge < -0.3 is 5.32 Å². The van der Waals surface area contributed by atoms with Crippen molar-refractivity contribution in [3.8, 4) is 0 Å². The van der Waals surface area contributed by atoms with Crippen LogP contribution in [-0.2, 0) is 24.8 Å². The Kier molecular flexibility index (Phi) is 8.39. The van der Waals surface area contributed by atoms with E-state index in [1.54, 1.807) is 0 Å². The Hall–Kier alpha value is -2.43. The van der Waals surface area contributed by atoms with Crippen molar-refractivity contribution in [2.75, 3.05) is 16.6 Å². The SMILES string of the molecule is CCCCCCNS(=O)(=O)c1ccc(NS(=O)(=O)c2ccc(NC(C)=O)cc2)cc1. The first-order valence-corrected chi connectivity index (χ1v) is 12.6. The number of sulfonamides is 2. The fourth-order valence-electron chi connectivity index (χ4n) is 2.68. The standard InChI is InChI=1S/C20H27N3O5S2/c1-3-4-5-6-15-21-29(25,26)19-13-9-18(10-14-19)23-30(27,28)20-11-7-17(8-12-20)22-16(2)24/h7-14,21,23H,3-6,15H2,1-2H3,(H,22,24). The van der Waals surface area contributed by atoms with Crippen molar-refractivity contribution < 1.29 is 21.6 Å². The third kappa shape index (κ3) is 7.12. The zero-order chi connectivity index (χ0) is 22.2. The van der Waals surface area contributed by atoms with Crippen molar-refractivity contribution >= 4 is 37.3 Å². The molecule has 0 aliphatic carbocycles. The molecule has 2 aromatic carbocycles. The molecule has 0 unspecified atom stereocenters. The van der Waals surface area contributed by atoms with Gasteiger partial charge >= 0.3 is 0 Å². The van der Waals surface area contributed by atoms with Gasteiger partial charge in [0.2, 0.25) is 15.9 Å². The first-order valence-electron chi connectivity index (χ1n) is 9.64. The minimum absolute atomic E-state index is 0.0158. The summed E-state index contributed by atoms with van der Waals surface area (Å²) in [7, 11) is -7.49. The van der Waals surface area contributed by atoms with Gasteiger partial charge in [-0.05, 0) is 55.0 Å². The number of benzene rings is 2. The summed E-state index contributed by atoms with van der Waals surface area (Å²) in [5.41, 5.74) is 0.723. The molecular weight excluding hydrogens is 426 g/mol. The molecule has 1 amide bonds. The van der Waals surface area contributed by atoms with E-state index in [2.05, 4.69) is 21.7 Å². The van der Waals surface area contributed by atoms with Crippen LogP contribution in [0.2, 0.25) is 0 Å². The Balaban J connectivity index is 2.02. The number of nitrogens with one attached hydrogen (secondary N) is 3. The van der Waals surface area contributed by atoms with Crippen LogP contribution in [0, 0.1) is 0 Å². The summed E-state index contributed by atoms with van der Waals surface area (Å²) in [4.78, 5) is 11.1. The van der Waals surface area contributed by atoms with Crippen LogP contribution < -0.4 is 14.8 Å². The van der Waals surface area contributed by atoms with Crippen molar-refractivity contribution in [3.63, 3.8) is 0 Å². The molecule has 10 heteroatoms.